The second-order valence-corrected chi connectivity index (χ2v) is 29.5. The van der Waals surface area contributed by atoms with Gasteiger partial charge in [0.1, 0.15) is 19.3 Å². The van der Waals surface area contributed by atoms with E-state index in [1.54, 1.807) is 0 Å². The van der Waals surface area contributed by atoms with Crippen molar-refractivity contribution < 1.29 is 80.2 Å². The van der Waals surface area contributed by atoms with Gasteiger partial charge in [-0.15, -0.1) is 0 Å². The smallest absolute Gasteiger partial charge is 0.462 e. The second-order valence-electron chi connectivity index (χ2n) is 26.6. The topological polar surface area (TPSA) is 237 Å². The number of carbonyl (C=O) groups is 4. The first-order valence-electron chi connectivity index (χ1n) is 36.9. The molecule has 0 aliphatic rings. The van der Waals surface area contributed by atoms with E-state index in [4.69, 9.17) is 37.0 Å². The molecule has 0 aromatic rings. The van der Waals surface area contributed by atoms with Crippen LogP contribution in [0.15, 0.2) is 0 Å². The van der Waals surface area contributed by atoms with Crippen LogP contribution in [-0.4, -0.2) is 96.7 Å². The molecule has 0 spiro atoms. The lowest BCUT2D eigenvalue weighted by atomic mass is 9.99. The molecule has 0 aromatic heterocycles. The fourth-order valence-electron chi connectivity index (χ4n) is 10.7. The summed E-state index contributed by atoms with van der Waals surface area (Å²) in [6, 6.07) is 0. The summed E-state index contributed by atoms with van der Waals surface area (Å²) in [5.41, 5.74) is 0. The molecule has 0 saturated heterocycles. The molecule has 0 bridgehead atoms. The Balaban J connectivity index is 5.26. The van der Waals surface area contributed by atoms with Gasteiger partial charge in [-0.1, -0.05) is 305 Å². The molecule has 0 radical (unpaired) electrons. The van der Waals surface area contributed by atoms with Gasteiger partial charge >= 0.3 is 39.5 Å². The van der Waals surface area contributed by atoms with Crippen LogP contribution < -0.4 is 0 Å². The van der Waals surface area contributed by atoms with Crippen molar-refractivity contribution >= 4 is 39.5 Å². The minimum absolute atomic E-state index is 0.106. The molecule has 90 heavy (non-hydrogen) atoms. The number of hydrogen-bond acceptors (Lipinski definition) is 15. The fourth-order valence-corrected chi connectivity index (χ4v) is 12.2. The van der Waals surface area contributed by atoms with Crippen LogP contribution in [0.1, 0.15) is 357 Å². The molecule has 7 atom stereocenters. The molecular formula is C71H138O17P2. The summed E-state index contributed by atoms with van der Waals surface area (Å²) < 4.78 is 68.3. The van der Waals surface area contributed by atoms with Crippen LogP contribution in [0, 0.1) is 17.8 Å². The fraction of sp³-hybridized carbons (Fsp3) is 0.944. The Bertz CT molecular complexity index is 1770. The van der Waals surface area contributed by atoms with E-state index in [2.05, 4.69) is 48.5 Å². The highest BCUT2D eigenvalue weighted by Crippen LogP contribution is 2.45. The van der Waals surface area contributed by atoms with E-state index in [1.165, 1.54) is 161 Å². The van der Waals surface area contributed by atoms with Gasteiger partial charge in [0.05, 0.1) is 26.4 Å². The maximum atomic E-state index is 13.0. The predicted octanol–water partition coefficient (Wildman–Crippen LogP) is 20.2. The van der Waals surface area contributed by atoms with Crippen LogP contribution in [0.25, 0.3) is 0 Å². The quantitative estimate of drug-likeness (QED) is 0.0222. The van der Waals surface area contributed by atoms with Crippen molar-refractivity contribution in [1.29, 1.82) is 0 Å². The molecule has 0 rings (SSSR count). The number of phosphoric ester groups is 2. The van der Waals surface area contributed by atoms with E-state index in [1.807, 2.05) is 0 Å². The minimum Gasteiger partial charge on any atom is -0.462 e. The third-order valence-electron chi connectivity index (χ3n) is 17.1. The summed E-state index contributed by atoms with van der Waals surface area (Å²) in [5, 5.41) is 10.6. The highest BCUT2D eigenvalue weighted by Gasteiger charge is 2.30. The van der Waals surface area contributed by atoms with E-state index in [0.717, 1.165) is 108 Å². The van der Waals surface area contributed by atoms with E-state index in [0.29, 0.717) is 31.6 Å². The molecule has 3 N–H and O–H groups in total. The third kappa shape index (κ3) is 62.2. The summed E-state index contributed by atoms with van der Waals surface area (Å²) in [7, 11) is -9.90. The summed E-state index contributed by atoms with van der Waals surface area (Å²) in [6.07, 6.45) is 45.7. The Morgan fingerprint density at radius 2 is 0.567 bits per heavy atom. The maximum Gasteiger partial charge on any atom is 0.472 e. The number of hydrogen-bond donors (Lipinski definition) is 3. The zero-order chi connectivity index (χ0) is 66.6. The van der Waals surface area contributed by atoms with Gasteiger partial charge in [0.25, 0.3) is 0 Å². The summed E-state index contributed by atoms with van der Waals surface area (Å²) >= 11 is 0. The van der Waals surface area contributed by atoms with Crippen LogP contribution in [-0.2, 0) is 65.4 Å². The number of unbranched alkanes of at least 4 members (excludes halogenated alkanes) is 35. The van der Waals surface area contributed by atoms with Gasteiger partial charge in [-0.05, 0) is 43.4 Å². The van der Waals surface area contributed by atoms with Crippen molar-refractivity contribution in [3.05, 3.63) is 0 Å². The Morgan fingerprint density at radius 1 is 0.322 bits per heavy atom. The van der Waals surface area contributed by atoms with Gasteiger partial charge in [0.15, 0.2) is 12.2 Å². The Morgan fingerprint density at radius 3 is 0.844 bits per heavy atom. The zero-order valence-corrected chi connectivity index (χ0v) is 60.4. The molecule has 0 heterocycles. The molecule has 17 nitrogen and oxygen atoms in total. The van der Waals surface area contributed by atoms with Crippen LogP contribution in [0.5, 0.6) is 0 Å². The van der Waals surface area contributed by atoms with Gasteiger partial charge < -0.3 is 33.8 Å². The van der Waals surface area contributed by atoms with Crippen LogP contribution in [0.3, 0.4) is 0 Å². The monoisotopic (exact) mass is 1320 g/mol. The van der Waals surface area contributed by atoms with Crippen molar-refractivity contribution in [2.24, 2.45) is 17.8 Å². The Kier molecular flexibility index (Phi) is 60.6. The molecule has 0 aliphatic heterocycles. The van der Waals surface area contributed by atoms with E-state index < -0.39 is 97.5 Å². The van der Waals surface area contributed by atoms with Crippen molar-refractivity contribution in [1.82, 2.24) is 0 Å². The van der Waals surface area contributed by atoms with Gasteiger partial charge in [-0.3, -0.25) is 37.3 Å². The first-order chi connectivity index (χ1) is 43.3. The average Bonchev–Trinajstić information content (AvgIpc) is 3.11. The molecule has 0 aromatic carbocycles. The number of carbonyl (C=O) groups excluding carboxylic acids is 4. The SMILES string of the molecule is CCCCCCCCCCCCCCCC(=O)O[C@H](COC(=O)CCCCCCCCC(C)C)COP(=O)(O)OC[C@H](O)COP(=O)(O)OC[C@@H](COC(=O)CCCCCCCCCCCCC(C)CC)OC(=O)CCCCCCCCCCCCC(C)CC. The van der Waals surface area contributed by atoms with E-state index in [-0.39, 0.29) is 25.7 Å². The first-order valence-corrected chi connectivity index (χ1v) is 39.9. The average molecular weight is 1330 g/mol. The number of rotatable bonds is 69. The molecule has 4 unspecified atom stereocenters. The van der Waals surface area contributed by atoms with Crippen molar-refractivity contribution in [2.45, 2.75) is 375 Å². The minimum atomic E-state index is -4.95. The summed E-state index contributed by atoms with van der Waals surface area (Å²) in [4.78, 5) is 72.6. The first kappa shape index (κ1) is 88.1. The predicted molar refractivity (Wildman–Crippen MR) is 363 cm³/mol. The maximum absolute atomic E-state index is 13.0. The van der Waals surface area contributed by atoms with Crippen molar-refractivity contribution in [2.75, 3.05) is 39.6 Å². The van der Waals surface area contributed by atoms with E-state index in [9.17, 15) is 43.2 Å². The lowest BCUT2D eigenvalue weighted by Gasteiger charge is -2.21. The molecule has 0 aliphatic carbocycles. The van der Waals surface area contributed by atoms with Crippen LogP contribution >= 0.6 is 15.6 Å². The zero-order valence-electron chi connectivity index (χ0n) is 58.6. The highest BCUT2D eigenvalue weighted by molar-refractivity contribution is 7.47. The lowest BCUT2D eigenvalue weighted by Crippen LogP contribution is -2.30. The van der Waals surface area contributed by atoms with Gasteiger partial charge in [0, 0.05) is 25.7 Å². The number of aliphatic hydroxyl groups is 1. The third-order valence-corrected chi connectivity index (χ3v) is 19.0. The summed E-state index contributed by atoms with van der Waals surface area (Å²) in [6.45, 7) is 11.8. The van der Waals surface area contributed by atoms with Gasteiger partial charge in [0.2, 0.25) is 0 Å². The largest absolute Gasteiger partial charge is 0.472 e. The van der Waals surface area contributed by atoms with Gasteiger partial charge in [-0.2, -0.15) is 0 Å². The van der Waals surface area contributed by atoms with Crippen molar-refractivity contribution in [3.63, 3.8) is 0 Å². The molecule has 0 fully saturated rings. The lowest BCUT2D eigenvalue weighted by molar-refractivity contribution is -0.161. The Labute approximate surface area is 549 Å². The van der Waals surface area contributed by atoms with Crippen LogP contribution in [0.2, 0.25) is 0 Å². The van der Waals surface area contributed by atoms with Crippen molar-refractivity contribution in [3.8, 4) is 0 Å². The molecule has 0 saturated carbocycles. The second kappa shape index (κ2) is 61.9. The molecule has 19 heteroatoms. The highest BCUT2D eigenvalue weighted by atomic mass is 31.2. The molecule has 0 amide bonds. The molecule has 534 valence electrons. The molecular weight excluding hydrogens is 1190 g/mol. The number of aliphatic hydroxyl groups excluding tert-OH is 1. The Hall–Kier alpha value is -1.94. The number of esters is 4. The number of phosphoric acid groups is 2. The summed E-state index contributed by atoms with van der Waals surface area (Å²) in [5.74, 6) is 0.167. The van der Waals surface area contributed by atoms with Gasteiger partial charge in [-0.25, -0.2) is 9.13 Å². The van der Waals surface area contributed by atoms with Crippen LogP contribution in [0.4, 0.5) is 0 Å². The normalized spacial score (nSPS) is 14.8. The standard InChI is InChI=1S/C71H138O17P2/c1-8-11-12-13-14-15-16-17-18-26-31-40-47-54-70(75)88-67(59-82-69(74)53-46-39-34-33-35-42-49-62(4)5)61-86-90(79,80)84-57-65(72)56-83-89(77,78)85-60-66(87-71(76)55-48-41-32-27-22-20-24-29-37-44-51-64(7)10-3)58-81-68(73)52-45-38-30-25-21-19-23-28-36-43-50-63(6)9-2/h62-67,72H,8-61H2,1-7H3,(H,77,78)(H,79,80)/t63?,64?,65-,66-,67-/m1/s1. The number of ether oxygens (including phenoxy) is 4. The van der Waals surface area contributed by atoms with E-state index >= 15 is 0 Å².